The Morgan fingerprint density at radius 3 is 2.32 bits per heavy atom. The van der Waals surface area contributed by atoms with Gasteiger partial charge in [0.1, 0.15) is 6.04 Å². The van der Waals surface area contributed by atoms with E-state index < -0.39 is 29.9 Å². The average molecular weight is 472 g/mol. The topological polar surface area (TPSA) is 151 Å². The van der Waals surface area contributed by atoms with Crippen LogP contribution in [0.4, 0.5) is 0 Å². The van der Waals surface area contributed by atoms with E-state index in [9.17, 15) is 24.6 Å². The predicted molar refractivity (Wildman–Crippen MR) is 128 cm³/mol. The minimum atomic E-state index is -1.16. The van der Waals surface area contributed by atoms with Crippen molar-refractivity contribution in [2.24, 2.45) is 5.73 Å². The van der Waals surface area contributed by atoms with Gasteiger partial charge in [0.25, 0.3) is 0 Å². The van der Waals surface area contributed by atoms with Gasteiger partial charge in [-0.15, -0.1) is 0 Å². The van der Waals surface area contributed by atoms with E-state index in [1.54, 1.807) is 36.4 Å². The number of aromatic hydroxyl groups is 1. The number of carbonyl (C=O) groups excluding carboxylic acids is 2. The van der Waals surface area contributed by atoms with Gasteiger partial charge in [-0.05, 0) is 41.6 Å². The highest BCUT2D eigenvalue weighted by atomic mass is 16.5. The summed E-state index contributed by atoms with van der Waals surface area (Å²) in [5, 5.41) is 25.0. The zero-order chi connectivity index (χ0) is 25.3. The minimum absolute atomic E-state index is 0.0382. The molecule has 0 aromatic heterocycles. The molecule has 0 fully saturated rings. The Morgan fingerprint density at radius 1 is 1.09 bits per heavy atom. The number of methoxy groups -OCH3 is 1. The summed E-state index contributed by atoms with van der Waals surface area (Å²) in [5.41, 5.74) is 6.76. The van der Waals surface area contributed by atoms with Crippen molar-refractivity contribution in [3.8, 4) is 11.5 Å². The molecule has 2 amide bonds. The molecular formula is C25H33N3O6. The average Bonchev–Trinajstić information content (AvgIpc) is 2.78. The molecule has 2 aromatic rings. The first-order valence-electron chi connectivity index (χ1n) is 11.0. The number of hydrogen-bond donors (Lipinski definition) is 5. The van der Waals surface area contributed by atoms with Gasteiger partial charge >= 0.3 is 5.97 Å². The standard InChI is InChI=1S/C25H33N3O6/c1-25(2,17-9-10-21(34-3)20(29)14-17)11-12-27-18(23(26)31)15-22(30)28-19(24(32)33)13-16-7-5-4-6-8-16/h4-10,14,18-19,27,29H,11-13,15H2,1-3H3,(H2,26,31)(H,28,30)(H,32,33)/t18-,19-/m0/s1. The number of ether oxygens (including phenoxy) is 1. The maximum atomic E-state index is 12.5. The van der Waals surface area contributed by atoms with Gasteiger partial charge in [0.2, 0.25) is 11.8 Å². The number of benzene rings is 2. The lowest BCUT2D eigenvalue weighted by atomic mass is 9.81. The number of nitrogens with one attached hydrogen (secondary N) is 2. The Labute approximate surface area is 199 Å². The highest BCUT2D eigenvalue weighted by molar-refractivity contribution is 5.89. The third-order valence-corrected chi connectivity index (χ3v) is 5.75. The first-order valence-corrected chi connectivity index (χ1v) is 11.0. The Hall–Kier alpha value is -3.59. The largest absolute Gasteiger partial charge is 0.504 e. The second kappa shape index (κ2) is 12.0. The normalized spacial score (nSPS) is 13.0. The summed E-state index contributed by atoms with van der Waals surface area (Å²) in [6, 6.07) is 12.1. The van der Waals surface area contributed by atoms with E-state index in [2.05, 4.69) is 10.6 Å². The SMILES string of the molecule is COc1ccc(C(C)(C)CCN[C@@H](CC(=O)N[C@@H](Cc2ccccc2)C(=O)O)C(N)=O)cc1O. The van der Waals surface area contributed by atoms with E-state index in [1.165, 1.54) is 7.11 Å². The van der Waals surface area contributed by atoms with Gasteiger partial charge in [-0.3, -0.25) is 9.59 Å². The highest BCUT2D eigenvalue weighted by Gasteiger charge is 2.26. The molecule has 0 aliphatic heterocycles. The lowest BCUT2D eigenvalue weighted by Gasteiger charge is -2.27. The molecule has 0 spiro atoms. The van der Waals surface area contributed by atoms with Gasteiger partial charge in [0.15, 0.2) is 11.5 Å². The zero-order valence-electron chi connectivity index (χ0n) is 19.7. The van der Waals surface area contributed by atoms with Gasteiger partial charge in [-0.25, -0.2) is 4.79 Å². The van der Waals surface area contributed by atoms with Gasteiger partial charge in [0, 0.05) is 6.42 Å². The number of primary amides is 1. The van der Waals surface area contributed by atoms with Crippen LogP contribution in [0.2, 0.25) is 0 Å². The molecule has 0 bridgehead atoms. The molecule has 0 unspecified atom stereocenters. The molecule has 2 aromatic carbocycles. The molecule has 0 saturated carbocycles. The molecule has 0 aliphatic carbocycles. The van der Waals surface area contributed by atoms with Crippen molar-refractivity contribution in [1.29, 1.82) is 0 Å². The van der Waals surface area contributed by atoms with Crippen LogP contribution in [0.25, 0.3) is 0 Å². The summed E-state index contributed by atoms with van der Waals surface area (Å²) in [6.45, 7) is 4.35. The number of carboxylic acid groups (broad SMARTS) is 1. The second-order valence-electron chi connectivity index (χ2n) is 8.78. The van der Waals surface area contributed by atoms with Crippen LogP contribution in [0.5, 0.6) is 11.5 Å². The molecule has 2 rings (SSSR count). The molecule has 0 saturated heterocycles. The van der Waals surface area contributed by atoms with Crippen LogP contribution in [0, 0.1) is 0 Å². The van der Waals surface area contributed by atoms with Crippen LogP contribution in [-0.2, 0) is 26.2 Å². The molecule has 2 atom stereocenters. The molecule has 0 aliphatic rings. The molecule has 6 N–H and O–H groups in total. The predicted octanol–water partition coefficient (Wildman–Crippen LogP) is 1.71. The van der Waals surface area contributed by atoms with Crippen molar-refractivity contribution >= 4 is 17.8 Å². The van der Waals surface area contributed by atoms with E-state index >= 15 is 0 Å². The van der Waals surface area contributed by atoms with Crippen molar-refractivity contribution in [2.75, 3.05) is 13.7 Å². The van der Waals surface area contributed by atoms with Crippen LogP contribution in [0.1, 0.15) is 37.8 Å². The van der Waals surface area contributed by atoms with Crippen molar-refractivity contribution in [1.82, 2.24) is 10.6 Å². The Bertz CT molecular complexity index is 993. The summed E-state index contributed by atoms with van der Waals surface area (Å²) in [6.07, 6.45) is 0.424. The van der Waals surface area contributed by atoms with Gasteiger partial charge < -0.3 is 31.3 Å². The van der Waals surface area contributed by atoms with Crippen LogP contribution in [-0.4, -0.2) is 53.7 Å². The molecule has 184 valence electrons. The van der Waals surface area contributed by atoms with E-state index in [4.69, 9.17) is 10.5 Å². The van der Waals surface area contributed by atoms with E-state index in [0.717, 1.165) is 11.1 Å². The lowest BCUT2D eigenvalue weighted by molar-refractivity contribution is -0.141. The lowest BCUT2D eigenvalue weighted by Crippen LogP contribution is -2.49. The molecule has 0 radical (unpaired) electrons. The molecule has 9 heteroatoms. The minimum Gasteiger partial charge on any atom is -0.504 e. The summed E-state index contributed by atoms with van der Waals surface area (Å²) < 4.78 is 5.08. The Kier molecular flexibility index (Phi) is 9.44. The third-order valence-electron chi connectivity index (χ3n) is 5.75. The van der Waals surface area contributed by atoms with Crippen LogP contribution >= 0.6 is 0 Å². The summed E-state index contributed by atoms with van der Waals surface area (Å²) in [4.78, 5) is 36.0. The molecule has 34 heavy (non-hydrogen) atoms. The van der Waals surface area contributed by atoms with E-state index in [-0.39, 0.29) is 24.0 Å². The number of rotatable bonds is 13. The first kappa shape index (κ1) is 26.7. The second-order valence-corrected chi connectivity index (χ2v) is 8.78. The van der Waals surface area contributed by atoms with Gasteiger partial charge in [0.05, 0.1) is 19.6 Å². The summed E-state index contributed by atoms with van der Waals surface area (Å²) >= 11 is 0. The molecule has 0 heterocycles. The molecular weight excluding hydrogens is 438 g/mol. The Morgan fingerprint density at radius 2 is 1.76 bits per heavy atom. The van der Waals surface area contributed by atoms with E-state index in [1.807, 2.05) is 26.0 Å². The monoisotopic (exact) mass is 471 g/mol. The van der Waals surface area contributed by atoms with Crippen molar-refractivity contribution in [2.45, 2.75) is 50.6 Å². The Balaban J connectivity index is 1.94. The maximum absolute atomic E-state index is 12.5. The van der Waals surface area contributed by atoms with Gasteiger partial charge in [-0.1, -0.05) is 50.2 Å². The quantitative estimate of drug-likeness (QED) is 0.298. The smallest absolute Gasteiger partial charge is 0.326 e. The number of phenols is 1. The fraction of sp³-hybridized carbons (Fsp3) is 0.400. The highest BCUT2D eigenvalue weighted by Crippen LogP contribution is 2.33. The number of phenolic OH excluding ortho intramolecular Hbond substituents is 1. The number of nitrogens with two attached hydrogens (primary N) is 1. The number of aliphatic carboxylic acids is 1. The van der Waals surface area contributed by atoms with Crippen LogP contribution in [0.15, 0.2) is 48.5 Å². The van der Waals surface area contributed by atoms with Crippen LogP contribution in [0.3, 0.4) is 0 Å². The van der Waals surface area contributed by atoms with Crippen LogP contribution < -0.4 is 21.1 Å². The summed E-state index contributed by atoms with van der Waals surface area (Å²) in [7, 11) is 1.48. The third kappa shape index (κ3) is 7.77. The first-order chi connectivity index (χ1) is 16.0. The zero-order valence-corrected chi connectivity index (χ0v) is 19.7. The van der Waals surface area contributed by atoms with Gasteiger partial charge in [-0.2, -0.15) is 0 Å². The number of hydrogen-bond acceptors (Lipinski definition) is 6. The van der Waals surface area contributed by atoms with Crippen molar-refractivity contribution in [3.05, 3.63) is 59.7 Å². The summed E-state index contributed by atoms with van der Waals surface area (Å²) in [5.74, 6) is -2.03. The fourth-order valence-corrected chi connectivity index (χ4v) is 3.58. The number of amides is 2. The van der Waals surface area contributed by atoms with Crippen molar-refractivity contribution < 1.29 is 29.3 Å². The molecule has 9 nitrogen and oxygen atoms in total. The number of carboxylic acids is 1. The fourth-order valence-electron chi connectivity index (χ4n) is 3.58. The van der Waals surface area contributed by atoms with E-state index in [0.29, 0.717) is 18.7 Å². The van der Waals surface area contributed by atoms with Crippen molar-refractivity contribution in [3.63, 3.8) is 0 Å². The maximum Gasteiger partial charge on any atom is 0.326 e. The number of carbonyl (C=O) groups is 3.